The Morgan fingerprint density at radius 1 is 0.967 bits per heavy atom. The molecule has 1 amide bonds. The summed E-state index contributed by atoms with van der Waals surface area (Å²) in [5, 5.41) is 4.74. The molecule has 0 heterocycles. The predicted molar refractivity (Wildman–Crippen MR) is 116 cm³/mol. The molecule has 30 heavy (non-hydrogen) atoms. The number of quaternary nitrogens is 1. The number of halogens is 1. The van der Waals surface area contributed by atoms with Crippen LogP contribution in [-0.4, -0.2) is 18.2 Å². The van der Waals surface area contributed by atoms with E-state index in [1.807, 2.05) is 23.5 Å². The molecule has 0 aliphatic carbocycles. The lowest BCUT2D eigenvalue weighted by atomic mass is 9.97. The molecular formula is C25H26FN2O2+. The van der Waals surface area contributed by atoms with Gasteiger partial charge in [0.2, 0.25) is 0 Å². The lowest BCUT2D eigenvalue weighted by Crippen LogP contribution is -2.87. The highest BCUT2D eigenvalue weighted by Crippen LogP contribution is 2.20. The van der Waals surface area contributed by atoms with Crippen LogP contribution >= 0.6 is 0 Å². The van der Waals surface area contributed by atoms with Crippen molar-refractivity contribution in [1.29, 1.82) is 0 Å². The number of rotatable bonds is 8. The molecule has 0 bridgehead atoms. The van der Waals surface area contributed by atoms with Gasteiger partial charge in [0.25, 0.3) is 5.91 Å². The quantitative estimate of drug-likeness (QED) is 0.559. The van der Waals surface area contributed by atoms with Crippen LogP contribution in [-0.2, 0) is 11.2 Å². The summed E-state index contributed by atoms with van der Waals surface area (Å²) in [5.41, 5.74) is 4.27. The van der Waals surface area contributed by atoms with Gasteiger partial charge in [-0.05, 0) is 55.3 Å². The van der Waals surface area contributed by atoms with E-state index >= 15 is 0 Å². The number of ketones is 1. The molecule has 0 aliphatic heterocycles. The van der Waals surface area contributed by atoms with Crippen molar-refractivity contribution < 1.29 is 19.3 Å². The summed E-state index contributed by atoms with van der Waals surface area (Å²) in [6.07, 6.45) is 0.944. The van der Waals surface area contributed by atoms with Gasteiger partial charge in [-0.15, -0.1) is 0 Å². The Bertz CT molecular complexity index is 1010. The Balaban J connectivity index is 1.72. The SMILES string of the molecule is CCc1ccc([C@H]([NH2+]CC(=O)Nc2ccc(C(C)=O)cc2)c2cccc(F)c2)cc1. The number of nitrogens with two attached hydrogens (primary N) is 1. The Morgan fingerprint density at radius 2 is 1.67 bits per heavy atom. The Kier molecular flexibility index (Phi) is 7.09. The molecule has 0 aromatic heterocycles. The van der Waals surface area contributed by atoms with Crippen molar-refractivity contribution in [2.45, 2.75) is 26.3 Å². The molecule has 1 atom stereocenters. The van der Waals surface area contributed by atoms with Gasteiger partial charge in [0, 0.05) is 22.4 Å². The van der Waals surface area contributed by atoms with Crippen molar-refractivity contribution in [3.8, 4) is 0 Å². The molecule has 154 valence electrons. The number of aryl methyl sites for hydroxylation is 1. The van der Waals surface area contributed by atoms with Crippen LogP contribution in [0.25, 0.3) is 0 Å². The highest BCUT2D eigenvalue weighted by Gasteiger charge is 2.20. The zero-order chi connectivity index (χ0) is 21.5. The molecule has 0 saturated carbocycles. The van der Waals surface area contributed by atoms with Crippen molar-refractivity contribution in [2.75, 3.05) is 11.9 Å². The van der Waals surface area contributed by atoms with Crippen LogP contribution in [0.4, 0.5) is 10.1 Å². The largest absolute Gasteiger partial charge is 0.328 e. The molecule has 0 aliphatic rings. The van der Waals surface area contributed by atoms with E-state index in [-0.39, 0.29) is 30.1 Å². The number of hydrogen-bond acceptors (Lipinski definition) is 2. The van der Waals surface area contributed by atoms with Gasteiger partial charge in [0.05, 0.1) is 0 Å². The fourth-order valence-corrected chi connectivity index (χ4v) is 3.35. The van der Waals surface area contributed by atoms with Crippen LogP contribution in [0, 0.1) is 5.82 Å². The van der Waals surface area contributed by atoms with Crippen LogP contribution in [0.15, 0.2) is 72.8 Å². The second-order valence-electron chi connectivity index (χ2n) is 7.25. The summed E-state index contributed by atoms with van der Waals surface area (Å²) in [7, 11) is 0. The fourth-order valence-electron chi connectivity index (χ4n) is 3.35. The lowest BCUT2D eigenvalue weighted by Gasteiger charge is -2.17. The predicted octanol–water partition coefficient (Wildman–Crippen LogP) is 3.88. The first kappa shape index (κ1) is 21.4. The van der Waals surface area contributed by atoms with E-state index in [1.165, 1.54) is 24.6 Å². The number of carbonyl (C=O) groups is 2. The number of hydrogen-bond donors (Lipinski definition) is 2. The van der Waals surface area contributed by atoms with E-state index in [4.69, 9.17) is 0 Å². The molecule has 4 nitrogen and oxygen atoms in total. The number of anilines is 1. The summed E-state index contributed by atoms with van der Waals surface area (Å²) < 4.78 is 13.8. The van der Waals surface area contributed by atoms with Gasteiger partial charge in [-0.25, -0.2) is 4.39 Å². The van der Waals surface area contributed by atoms with Crippen LogP contribution in [0.5, 0.6) is 0 Å². The van der Waals surface area contributed by atoms with Crippen LogP contribution in [0.2, 0.25) is 0 Å². The summed E-state index contributed by atoms with van der Waals surface area (Å²) in [6.45, 7) is 3.77. The van der Waals surface area contributed by atoms with E-state index in [9.17, 15) is 14.0 Å². The summed E-state index contributed by atoms with van der Waals surface area (Å²) in [5.74, 6) is -0.489. The zero-order valence-electron chi connectivity index (χ0n) is 17.2. The van der Waals surface area contributed by atoms with E-state index in [1.54, 1.807) is 30.3 Å². The van der Waals surface area contributed by atoms with Crippen molar-refractivity contribution in [1.82, 2.24) is 0 Å². The minimum Gasteiger partial charge on any atom is -0.328 e. The van der Waals surface area contributed by atoms with Crippen molar-refractivity contribution in [3.05, 3.63) is 101 Å². The number of carbonyl (C=O) groups excluding carboxylic acids is 2. The first-order chi connectivity index (χ1) is 14.5. The average molecular weight is 405 g/mol. The third-order valence-corrected chi connectivity index (χ3v) is 5.07. The minimum atomic E-state index is -0.300. The first-order valence-corrected chi connectivity index (χ1v) is 10.0. The second kappa shape index (κ2) is 9.94. The molecule has 3 rings (SSSR count). The number of nitrogens with one attached hydrogen (secondary N) is 1. The maximum absolute atomic E-state index is 13.8. The smallest absolute Gasteiger partial charge is 0.279 e. The van der Waals surface area contributed by atoms with Gasteiger partial charge in [-0.2, -0.15) is 0 Å². The monoisotopic (exact) mass is 405 g/mol. The standard InChI is InChI=1S/C25H25FN2O2/c1-3-18-7-9-20(10-8-18)25(21-5-4-6-22(26)15-21)27-16-24(30)28-23-13-11-19(12-14-23)17(2)29/h4-15,25,27H,3,16H2,1-2H3,(H,28,30)/p+1/t25-/m0/s1. The number of Topliss-reactive ketones (excluding diaryl/α,β-unsaturated/α-hetero) is 1. The molecule has 0 unspecified atom stereocenters. The Labute approximate surface area is 176 Å². The van der Waals surface area contributed by atoms with Crippen LogP contribution < -0.4 is 10.6 Å². The van der Waals surface area contributed by atoms with E-state index < -0.39 is 0 Å². The Morgan fingerprint density at radius 3 is 2.27 bits per heavy atom. The molecule has 3 aromatic carbocycles. The van der Waals surface area contributed by atoms with E-state index in [2.05, 4.69) is 24.4 Å². The maximum Gasteiger partial charge on any atom is 0.279 e. The Hall–Kier alpha value is -3.31. The van der Waals surface area contributed by atoms with E-state index in [0.717, 1.165) is 17.5 Å². The highest BCUT2D eigenvalue weighted by atomic mass is 19.1. The number of amides is 1. The summed E-state index contributed by atoms with van der Waals surface area (Å²) in [4.78, 5) is 23.9. The molecule has 0 fully saturated rings. The second-order valence-corrected chi connectivity index (χ2v) is 7.25. The van der Waals surface area contributed by atoms with Crippen molar-refractivity contribution in [3.63, 3.8) is 0 Å². The van der Waals surface area contributed by atoms with Crippen LogP contribution in [0.1, 0.15) is 46.9 Å². The van der Waals surface area contributed by atoms with Gasteiger partial charge in [-0.1, -0.05) is 43.3 Å². The molecule has 0 spiro atoms. The third kappa shape index (κ3) is 5.61. The maximum atomic E-state index is 13.8. The van der Waals surface area contributed by atoms with Crippen molar-refractivity contribution >= 4 is 17.4 Å². The van der Waals surface area contributed by atoms with Crippen molar-refractivity contribution in [2.24, 2.45) is 0 Å². The van der Waals surface area contributed by atoms with Gasteiger partial charge in [0.1, 0.15) is 11.9 Å². The molecule has 0 radical (unpaired) electrons. The van der Waals surface area contributed by atoms with Crippen LogP contribution in [0.3, 0.4) is 0 Å². The molecule has 5 heteroatoms. The molecular weight excluding hydrogens is 379 g/mol. The fraction of sp³-hybridized carbons (Fsp3) is 0.200. The van der Waals surface area contributed by atoms with Gasteiger partial charge >= 0.3 is 0 Å². The highest BCUT2D eigenvalue weighted by molar-refractivity contribution is 5.95. The van der Waals surface area contributed by atoms with Gasteiger partial charge in [0.15, 0.2) is 12.3 Å². The third-order valence-electron chi connectivity index (χ3n) is 5.07. The molecule has 3 N–H and O–H groups in total. The van der Waals surface area contributed by atoms with E-state index in [0.29, 0.717) is 11.3 Å². The normalized spacial score (nSPS) is 11.7. The molecule has 3 aromatic rings. The number of benzene rings is 3. The molecule has 0 saturated heterocycles. The average Bonchev–Trinajstić information content (AvgIpc) is 2.75. The van der Waals surface area contributed by atoms with Gasteiger partial charge < -0.3 is 10.6 Å². The topological polar surface area (TPSA) is 62.8 Å². The minimum absolute atomic E-state index is 0.0202. The summed E-state index contributed by atoms with van der Waals surface area (Å²) >= 11 is 0. The summed E-state index contributed by atoms with van der Waals surface area (Å²) in [6, 6.07) is 21.3. The first-order valence-electron chi connectivity index (χ1n) is 10.0. The lowest BCUT2D eigenvalue weighted by molar-refractivity contribution is -0.676. The zero-order valence-corrected chi connectivity index (χ0v) is 17.2. The van der Waals surface area contributed by atoms with Gasteiger partial charge in [-0.3, -0.25) is 9.59 Å².